The van der Waals surface area contributed by atoms with Crippen LogP contribution < -0.4 is 5.32 Å². The lowest BCUT2D eigenvalue weighted by molar-refractivity contribution is -0.136. The summed E-state index contributed by atoms with van der Waals surface area (Å²) in [7, 11) is 0. The second kappa shape index (κ2) is 10.4. The van der Waals surface area contributed by atoms with Crippen LogP contribution in [0.2, 0.25) is 0 Å². The molecule has 0 fully saturated rings. The van der Waals surface area contributed by atoms with Crippen molar-refractivity contribution in [3.05, 3.63) is 29.6 Å². The maximum absolute atomic E-state index is 13.8. The van der Waals surface area contributed by atoms with Gasteiger partial charge in [0, 0.05) is 31.6 Å². The van der Waals surface area contributed by atoms with Crippen LogP contribution >= 0.6 is 0 Å². The van der Waals surface area contributed by atoms with Crippen LogP contribution in [0.1, 0.15) is 45.1 Å². The van der Waals surface area contributed by atoms with Crippen molar-refractivity contribution in [2.24, 2.45) is 0 Å². The Morgan fingerprint density at radius 2 is 1.76 bits per heavy atom. The summed E-state index contributed by atoms with van der Waals surface area (Å²) in [5.74, 6) is -2.26. The summed E-state index contributed by atoms with van der Waals surface area (Å²) in [6.45, 7) is 5.32. The zero-order chi connectivity index (χ0) is 18.8. The quantitative estimate of drug-likeness (QED) is 0.678. The number of benzene rings is 1. The molecule has 0 saturated carbocycles. The van der Waals surface area contributed by atoms with E-state index in [2.05, 4.69) is 5.32 Å². The standard InChI is InChI=1S/C18H25FN2O4/c1-3-9-21(10-4-2)17(23)8-7-16(22)20-14-6-5-13(11-18(24)25)15(19)12-14/h5-6,12H,3-4,7-11H2,1-2H3,(H,20,22)(H,24,25). The highest BCUT2D eigenvalue weighted by molar-refractivity contribution is 5.93. The van der Waals surface area contributed by atoms with Crippen molar-refractivity contribution in [1.29, 1.82) is 0 Å². The highest BCUT2D eigenvalue weighted by Gasteiger charge is 2.14. The van der Waals surface area contributed by atoms with Gasteiger partial charge >= 0.3 is 5.97 Å². The van der Waals surface area contributed by atoms with E-state index < -0.39 is 18.2 Å². The minimum absolute atomic E-state index is 0.0151. The Hall–Kier alpha value is -2.44. The molecular formula is C18H25FN2O4. The van der Waals surface area contributed by atoms with Gasteiger partial charge in [-0.05, 0) is 30.5 Å². The fraction of sp³-hybridized carbons (Fsp3) is 0.500. The van der Waals surface area contributed by atoms with E-state index >= 15 is 0 Å². The van der Waals surface area contributed by atoms with Gasteiger partial charge in [0.25, 0.3) is 0 Å². The van der Waals surface area contributed by atoms with Crippen LogP contribution in [0, 0.1) is 5.82 Å². The van der Waals surface area contributed by atoms with Gasteiger partial charge in [0.2, 0.25) is 11.8 Å². The molecule has 0 spiro atoms. The molecule has 0 bridgehead atoms. The molecule has 6 nitrogen and oxygen atoms in total. The Morgan fingerprint density at radius 1 is 1.12 bits per heavy atom. The first-order chi connectivity index (χ1) is 11.9. The average Bonchev–Trinajstić information content (AvgIpc) is 2.54. The van der Waals surface area contributed by atoms with Gasteiger partial charge < -0.3 is 15.3 Å². The summed E-state index contributed by atoms with van der Waals surface area (Å²) in [5.41, 5.74) is 0.290. The summed E-state index contributed by atoms with van der Waals surface area (Å²) >= 11 is 0. The molecule has 0 aliphatic rings. The lowest BCUT2D eigenvalue weighted by Gasteiger charge is -2.21. The minimum atomic E-state index is -1.13. The monoisotopic (exact) mass is 352 g/mol. The number of nitrogens with zero attached hydrogens (tertiary/aromatic N) is 1. The van der Waals surface area contributed by atoms with Crippen LogP contribution in [0.3, 0.4) is 0 Å². The smallest absolute Gasteiger partial charge is 0.307 e. The van der Waals surface area contributed by atoms with Gasteiger partial charge in [0.15, 0.2) is 0 Å². The van der Waals surface area contributed by atoms with Crippen molar-refractivity contribution in [2.45, 2.75) is 46.0 Å². The molecule has 1 rings (SSSR count). The second-order valence-electron chi connectivity index (χ2n) is 5.81. The van der Waals surface area contributed by atoms with Crippen molar-refractivity contribution < 1.29 is 23.9 Å². The van der Waals surface area contributed by atoms with E-state index in [9.17, 15) is 18.8 Å². The van der Waals surface area contributed by atoms with Crippen LogP contribution in [0.25, 0.3) is 0 Å². The molecule has 0 unspecified atom stereocenters. The summed E-state index contributed by atoms with van der Waals surface area (Å²) in [4.78, 5) is 36.4. The molecule has 1 aromatic rings. The highest BCUT2D eigenvalue weighted by atomic mass is 19.1. The Balaban J connectivity index is 2.55. The van der Waals surface area contributed by atoms with E-state index in [4.69, 9.17) is 5.11 Å². The normalized spacial score (nSPS) is 10.4. The van der Waals surface area contributed by atoms with Crippen LogP contribution in [0.15, 0.2) is 18.2 Å². The number of rotatable bonds is 10. The molecule has 0 atom stereocenters. The predicted octanol–water partition coefficient (Wildman–Crippen LogP) is 2.82. The number of carbonyl (C=O) groups excluding carboxylic acids is 2. The van der Waals surface area contributed by atoms with E-state index in [0.717, 1.165) is 18.9 Å². The third kappa shape index (κ3) is 7.32. The highest BCUT2D eigenvalue weighted by Crippen LogP contribution is 2.16. The van der Waals surface area contributed by atoms with Crippen molar-refractivity contribution in [2.75, 3.05) is 18.4 Å². The molecule has 0 aliphatic heterocycles. The van der Waals surface area contributed by atoms with E-state index in [1.54, 1.807) is 4.90 Å². The largest absolute Gasteiger partial charge is 0.481 e. The first-order valence-corrected chi connectivity index (χ1v) is 8.45. The number of carbonyl (C=O) groups is 3. The summed E-state index contributed by atoms with van der Waals surface area (Å²) in [5, 5.41) is 11.2. The van der Waals surface area contributed by atoms with Crippen LogP contribution in [-0.4, -0.2) is 40.9 Å². The van der Waals surface area contributed by atoms with E-state index in [1.807, 2.05) is 13.8 Å². The lowest BCUT2D eigenvalue weighted by atomic mass is 10.1. The third-order valence-electron chi connectivity index (χ3n) is 3.58. The molecule has 2 amide bonds. The molecule has 25 heavy (non-hydrogen) atoms. The first kappa shape index (κ1) is 20.6. The van der Waals surface area contributed by atoms with Crippen molar-refractivity contribution in [1.82, 2.24) is 4.90 Å². The van der Waals surface area contributed by atoms with Gasteiger partial charge in [-0.1, -0.05) is 19.9 Å². The number of aliphatic carboxylic acids is 1. The molecular weight excluding hydrogens is 327 g/mol. The van der Waals surface area contributed by atoms with Crippen molar-refractivity contribution in [3.8, 4) is 0 Å². The number of amides is 2. The molecule has 0 saturated heterocycles. The van der Waals surface area contributed by atoms with E-state index in [-0.39, 0.29) is 35.9 Å². The van der Waals surface area contributed by atoms with E-state index in [0.29, 0.717) is 13.1 Å². The third-order valence-corrected chi connectivity index (χ3v) is 3.58. The molecule has 2 N–H and O–H groups in total. The number of halogens is 1. The van der Waals surface area contributed by atoms with Gasteiger partial charge in [0.1, 0.15) is 5.82 Å². The molecule has 0 radical (unpaired) electrons. The van der Waals surface area contributed by atoms with Crippen LogP contribution in [0.5, 0.6) is 0 Å². The van der Waals surface area contributed by atoms with Gasteiger partial charge in [0.05, 0.1) is 6.42 Å². The first-order valence-electron chi connectivity index (χ1n) is 8.45. The predicted molar refractivity (Wildman–Crippen MR) is 92.8 cm³/mol. The van der Waals surface area contributed by atoms with Gasteiger partial charge in [-0.3, -0.25) is 14.4 Å². The zero-order valence-corrected chi connectivity index (χ0v) is 14.7. The number of nitrogens with one attached hydrogen (secondary N) is 1. The van der Waals surface area contributed by atoms with Gasteiger partial charge in [-0.15, -0.1) is 0 Å². The van der Waals surface area contributed by atoms with E-state index in [1.165, 1.54) is 12.1 Å². The molecule has 138 valence electrons. The fourth-order valence-electron chi connectivity index (χ4n) is 2.43. The Kier molecular flexibility index (Phi) is 8.60. The van der Waals surface area contributed by atoms with Crippen molar-refractivity contribution in [3.63, 3.8) is 0 Å². The summed E-state index contributed by atoms with van der Waals surface area (Å²) in [6, 6.07) is 3.86. The Labute approximate surface area is 147 Å². The number of carboxylic acids is 1. The number of carboxylic acid groups (broad SMARTS) is 1. The second-order valence-corrected chi connectivity index (χ2v) is 5.81. The number of hydrogen-bond donors (Lipinski definition) is 2. The van der Waals surface area contributed by atoms with Gasteiger partial charge in [-0.2, -0.15) is 0 Å². The summed E-state index contributed by atoms with van der Waals surface area (Å²) in [6.07, 6.45) is 1.42. The molecule has 0 aromatic heterocycles. The van der Waals surface area contributed by atoms with Crippen molar-refractivity contribution >= 4 is 23.5 Å². The maximum Gasteiger partial charge on any atom is 0.307 e. The Bertz CT molecular complexity index is 613. The maximum atomic E-state index is 13.8. The van der Waals surface area contributed by atoms with Gasteiger partial charge in [-0.25, -0.2) is 4.39 Å². The van der Waals surface area contributed by atoms with Crippen LogP contribution in [-0.2, 0) is 20.8 Å². The molecule has 0 aliphatic carbocycles. The SMILES string of the molecule is CCCN(CCC)C(=O)CCC(=O)Nc1ccc(CC(=O)O)c(F)c1. The lowest BCUT2D eigenvalue weighted by Crippen LogP contribution is -2.33. The molecule has 1 aromatic carbocycles. The molecule has 7 heteroatoms. The summed E-state index contributed by atoms with van der Waals surface area (Å²) < 4.78 is 13.8. The minimum Gasteiger partial charge on any atom is -0.481 e. The number of hydrogen-bond acceptors (Lipinski definition) is 3. The topological polar surface area (TPSA) is 86.7 Å². The molecule has 0 heterocycles. The zero-order valence-electron chi connectivity index (χ0n) is 14.7. The average molecular weight is 352 g/mol. The van der Waals surface area contributed by atoms with Crippen LogP contribution in [0.4, 0.5) is 10.1 Å². The Morgan fingerprint density at radius 3 is 2.28 bits per heavy atom. The number of anilines is 1. The fourth-order valence-corrected chi connectivity index (χ4v) is 2.43.